The molecule has 0 bridgehead atoms. The van der Waals surface area contributed by atoms with E-state index in [1.165, 1.54) is 12.1 Å². The van der Waals surface area contributed by atoms with E-state index < -0.39 is 5.82 Å². The first-order valence-corrected chi connectivity index (χ1v) is 9.13. The molecule has 1 atom stereocenters. The van der Waals surface area contributed by atoms with Crippen molar-refractivity contribution < 1.29 is 9.18 Å². The zero-order valence-corrected chi connectivity index (χ0v) is 14.4. The first kappa shape index (κ1) is 16.2. The Morgan fingerprint density at radius 3 is 2.74 bits per heavy atom. The normalized spacial score (nSPS) is 12.1. The summed E-state index contributed by atoms with van der Waals surface area (Å²) in [4.78, 5) is 13.4. The highest BCUT2D eigenvalue weighted by Crippen LogP contribution is 2.28. The Bertz CT molecular complexity index is 733. The lowest BCUT2D eigenvalue weighted by Crippen LogP contribution is -2.30. The summed E-state index contributed by atoms with van der Waals surface area (Å²) in [7, 11) is 0. The summed E-state index contributed by atoms with van der Waals surface area (Å²) in [6.07, 6.45) is -0.0858. The highest BCUT2D eigenvalue weighted by molar-refractivity contribution is 7.10. The third-order valence-electron chi connectivity index (χ3n) is 3.41. The number of carbonyl (C=O) groups is 1. The molecule has 2 heterocycles. The average molecular weight is 366 g/mol. The van der Waals surface area contributed by atoms with Crippen LogP contribution in [0, 0.1) is 5.82 Å². The first-order chi connectivity index (χ1) is 11.1. The Labute approximate surface area is 146 Å². The molecule has 0 radical (unpaired) electrons. The number of amides is 1. The van der Waals surface area contributed by atoms with Crippen molar-refractivity contribution in [3.05, 3.63) is 79.4 Å². The zero-order valence-electron chi connectivity index (χ0n) is 12.0. The van der Waals surface area contributed by atoms with Crippen molar-refractivity contribution in [1.29, 1.82) is 0 Å². The lowest BCUT2D eigenvalue weighted by atomic mass is 10.1. The van der Waals surface area contributed by atoms with Crippen LogP contribution < -0.4 is 5.32 Å². The summed E-state index contributed by atoms with van der Waals surface area (Å²) in [5.74, 6) is -0.725. The summed E-state index contributed by atoms with van der Waals surface area (Å²) < 4.78 is 13.8. The predicted molar refractivity (Wildman–Crippen MR) is 93.7 cm³/mol. The quantitative estimate of drug-likeness (QED) is 0.673. The monoisotopic (exact) mass is 365 g/mol. The fourth-order valence-electron chi connectivity index (χ4n) is 2.29. The molecule has 1 aromatic carbocycles. The third kappa shape index (κ3) is 3.80. The van der Waals surface area contributed by atoms with E-state index in [2.05, 4.69) is 5.32 Å². The number of halogens is 2. The van der Waals surface area contributed by atoms with Gasteiger partial charge in [-0.05, 0) is 46.0 Å². The number of carbonyl (C=O) groups excluding carboxylic acids is 1. The largest absolute Gasteiger partial charge is 0.344 e. The fraction of sp³-hybridized carbons (Fsp3) is 0.118. The van der Waals surface area contributed by atoms with Gasteiger partial charge >= 0.3 is 0 Å². The summed E-state index contributed by atoms with van der Waals surface area (Å²) in [5, 5.41) is 9.18. The van der Waals surface area contributed by atoms with Crippen LogP contribution in [0.5, 0.6) is 0 Å². The maximum Gasteiger partial charge on any atom is 0.225 e. The molecule has 2 nitrogen and oxygen atoms in total. The van der Waals surface area contributed by atoms with Crippen molar-refractivity contribution >= 4 is 40.2 Å². The van der Waals surface area contributed by atoms with Crippen LogP contribution in [0.25, 0.3) is 0 Å². The summed E-state index contributed by atoms with van der Waals surface area (Å²) in [6.45, 7) is 0. The standard InChI is InChI=1S/C17H13ClFNOS2/c18-13-3-1-4-14(19)12(13)9-16(21)20-17(11-6-8-22-10-11)15-5-2-7-23-15/h1-8,10,17H,9H2,(H,20,21)/t17-/m1/s1. The minimum Gasteiger partial charge on any atom is -0.344 e. The zero-order chi connectivity index (χ0) is 16.2. The van der Waals surface area contributed by atoms with Crippen LogP contribution in [0.1, 0.15) is 22.0 Å². The smallest absolute Gasteiger partial charge is 0.225 e. The van der Waals surface area contributed by atoms with Gasteiger partial charge in [-0.15, -0.1) is 11.3 Å². The van der Waals surface area contributed by atoms with E-state index in [4.69, 9.17) is 11.6 Å². The molecular weight excluding hydrogens is 353 g/mol. The molecule has 0 aliphatic heterocycles. The van der Waals surface area contributed by atoms with Crippen LogP contribution in [-0.4, -0.2) is 5.91 Å². The number of benzene rings is 1. The highest BCUT2D eigenvalue weighted by atomic mass is 35.5. The fourth-order valence-corrected chi connectivity index (χ4v) is 4.01. The minimum absolute atomic E-state index is 0.0858. The highest BCUT2D eigenvalue weighted by Gasteiger charge is 2.20. The number of rotatable bonds is 5. The van der Waals surface area contributed by atoms with Gasteiger partial charge in [0, 0.05) is 15.5 Å². The van der Waals surface area contributed by atoms with E-state index >= 15 is 0 Å². The molecule has 3 rings (SSSR count). The summed E-state index contributed by atoms with van der Waals surface area (Å²) in [6, 6.07) is 10.1. The molecule has 2 aromatic heterocycles. The molecule has 118 valence electrons. The van der Waals surface area contributed by atoms with E-state index in [1.54, 1.807) is 28.7 Å². The second-order valence-electron chi connectivity index (χ2n) is 4.95. The van der Waals surface area contributed by atoms with Gasteiger partial charge in [0.2, 0.25) is 5.91 Å². The van der Waals surface area contributed by atoms with Crippen molar-refractivity contribution in [2.24, 2.45) is 0 Å². The Kier molecular flexibility index (Phi) is 5.10. The van der Waals surface area contributed by atoms with Crippen molar-refractivity contribution in [2.75, 3.05) is 0 Å². The van der Waals surface area contributed by atoms with Crippen molar-refractivity contribution in [3.63, 3.8) is 0 Å². The van der Waals surface area contributed by atoms with Gasteiger partial charge < -0.3 is 5.32 Å². The third-order valence-corrected chi connectivity index (χ3v) is 5.40. The van der Waals surface area contributed by atoms with Gasteiger partial charge in [0.25, 0.3) is 0 Å². The molecule has 0 aliphatic carbocycles. The Morgan fingerprint density at radius 1 is 1.22 bits per heavy atom. The molecule has 0 saturated carbocycles. The minimum atomic E-state index is -0.462. The van der Waals surface area contributed by atoms with Crippen LogP contribution in [0.4, 0.5) is 4.39 Å². The van der Waals surface area contributed by atoms with E-state index in [0.717, 1.165) is 10.4 Å². The molecule has 0 spiro atoms. The van der Waals surface area contributed by atoms with Gasteiger partial charge in [-0.3, -0.25) is 4.79 Å². The first-order valence-electron chi connectivity index (χ1n) is 6.93. The van der Waals surface area contributed by atoms with Crippen molar-refractivity contribution in [1.82, 2.24) is 5.32 Å². The number of hydrogen-bond acceptors (Lipinski definition) is 3. The SMILES string of the molecule is O=C(Cc1c(F)cccc1Cl)N[C@H](c1ccsc1)c1cccs1. The van der Waals surface area contributed by atoms with Gasteiger partial charge in [-0.25, -0.2) is 4.39 Å². The summed E-state index contributed by atoms with van der Waals surface area (Å²) >= 11 is 9.14. The topological polar surface area (TPSA) is 29.1 Å². The molecule has 0 fully saturated rings. The van der Waals surface area contributed by atoms with E-state index in [1.807, 2.05) is 34.3 Å². The second-order valence-corrected chi connectivity index (χ2v) is 7.12. The average Bonchev–Trinajstić information content (AvgIpc) is 3.21. The molecule has 23 heavy (non-hydrogen) atoms. The molecule has 6 heteroatoms. The maximum absolute atomic E-state index is 13.8. The van der Waals surface area contributed by atoms with Gasteiger partial charge in [-0.1, -0.05) is 23.7 Å². The Morgan fingerprint density at radius 2 is 2.09 bits per heavy atom. The van der Waals surface area contributed by atoms with Gasteiger partial charge in [0.05, 0.1) is 12.5 Å². The Balaban J connectivity index is 1.79. The van der Waals surface area contributed by atoms with Crippen molar-refractivity contribution in [3.8, 4) is 0 Å². The number of thiophene rings is 2. The van der Waals surface area contributed by atoms with Gasteiger partial charge in [0.1, 0.15) is 5.82 Å². The molecule has 0 saturated heterocycles. The molecule has 1 amide bonds. The molecule has 0 aliphatic rings. The lowest BCUT2D eigenvalue weighted by molar-refractivity contribution is -0.121. The van der Waals surface area contributed by atoms with Gasteiger partial charge in [0.15, 0.2) is 0 Å². The van der Waals surface area contributed by atoms with Crippen LogP contribution in [0.15, 0.2) is 52.5 Å². The van der Waals surface area contributed by atoms with Crippen molar-refractivity contribution in [2.45, 2.75) is 12.5 Å². The molecule has 1 N–H and O–H groups in total. The van der Waals surface area contributed by atoms with E-state index in [0.29, 0.717) is 0 Å². The van der Waals surface area contributed by atoms with Crippen LogP contribution in [-0.2, 0) is 11.2 Å². The number of hydrogen-bond donors (Lipinski definition) is 1. The van der Waals surface area contributed by atoms with E-state index in [9.17, 15) is 9.18 Å². The second kappa shape index (κ2) is 7.25. The predicted octanol–water partition coefficient (Wildman–Crippen LogP) is 5.05. The molecule has 3 aromatic rings. The van der Waals surface area contributed by atoms with Gasteiger partial charge in [-0.2, -0.15) is 11.3 Å². The Hall–Kier alpha value is -1.69. The van der Waals surface area contributed by atoms with Crippen LogP contribution in [0.3, 0.4) is 0 Å². The lowest BCUT2D eigenvalue weighted by Gasteiger charge is -2.17. The van der Waals surface area contributed by atoms with Crippen LogP contribution in [0.2, 0.25) is 5.02 Å². The summed E-state index contributed by atoms with van der Waals surface area (Å²) in [5.41, 5.74) is 1.24. The molecular formula is C17H13ClFNOS2. The maximum atomic E-state index is 13.8. The van der Waals surface area contributed by atoms with E-state index in [-0.39, 0.29) is 29.0 Å². The van der Waals surface area contributed by atoms with Crippen LogP contribution >= 0.6 is 34.3 Å². The molecule has 0 unspecified atom stereocenters. The number of nitrogens with one attached hydrogen (secondary N) is 1.